The molecule has 0 aliphatic carbocycles. The number of amides is 1. The summed E-state index contributed by atoms with van der Waals surface area (Å²) in [4.78, 5) is 11.7. The first-order valence-corrected chi connectivity index (χ1v) is 7.08. The lowest BCUT2D eigenvalue weighted by Gasteiger charge is -2.22. The average molecular weight is 314 g/mol. The monoisotopic (exact) mass is 313 g/mol. The number of benzene rings is 1. The van der Waals surface area contributed by atoms with Crippen LogP contribution in [0.2, 0.25) is 0 Å². The van der Waals surface area contributed by atoms with Gasteiger partial charge in [-0.2, -0.15) is 0 Å². The highest BCUT2D eigenvalue weighted by molar-refractivity contribution is 9.08. The van der Waals surface area contributed by atoms with Crippen molar-refractivity contribution in [3.05, 3.63) is 35.4 Å². The summed E-state index contributed by atoms with van der Waals surface area (Å²) in [5.74, 6) is 0. The van der Waals surface area contributed by atoms with E-state index in [1.165, 1.54) is 5.56 Å². The predicted molar refractivity (Wildman–Crippen MR) is 76.9 cm³/mol. The highest BCUT2D eigenvalue weighted by Crippen LogP contribution is 2.17. The maximum Gasteiger partial charge on any atom is 0.408 e. The van der Waals surface area contributed by atoms with Crippen molar-refractivity contribution in [3.63, 3.8) is 0 Å². The largest absolute Gasteiger partial charge is 0.444 e. The summed E-state index contributed by atoms with van der Waals surface area (Å²) < 4.78 is 5.23. The molecular weight excluding hydrogens is 294 g/mol. The zero-order valence-electron chi connectivity index (χ0n) is 11.3. The Labute approximate surface area is 117 Å². The minimum Gasteiger partial charge on any atom is -0.444 e. The van der Waals surface area contributed by atoms with E-state index in [-0.39, 0.29) is 12.1 Å². The maximum atomic E-state index is 11.7. The van der Waals surface area contributed by atoms with Crippen LogP contribution in [0.3, 0.4) is 0 Å². The fraction of sp³-hybridized carbons (Fsp3) is 0.500. The molecule has 1 atom stereocenters. The van der Waals surface area contributed by atoms with Gasteiger partial charge in [-0.25, -0.2) is 4.79 Å². The van der Waals surface area contributed by atoms with Crippen molar-refractivity contribution in [3.8, 4) is 0 Å². The number of ether oxygens (including phenoxy) is 1. The number of halogens is 1. The van der Waals surface area contributed by atoms with Crippen molar-refractivity contribution < 1.29 is 9.53 Å². The van der Waals surface area contributed by atoms with Crippen molar-refractivity contribution in [2.45, 2.75) is 44.7 Å². The van der Waals surface area contributed by atoms with Crippen LogP contribution in [0.1, 0.15) is 44.9 Å². The number of alkyl carbamates (subject to hydrolysis) is 1. The molecule has 3 nitrogen and oxygen atoms in total. The van der Waals surface area contributed by atoms with Crippen LogP contribution in [0, 0.1) is 0 Å². The van der Waals surface area contributed by atoms with Gasteiger partial charge in [-0.05, 0) is 38.8 Å². The van der Waals surface area contributed by atoms with Crippen molar-refractivity contribution in [2.24, 2.45) is 0 Å². The van der Waals surface area contributed by atoms with Crippen LogP contribution < -0.4 is 5.32 Å². The van der Waals surface area contributed by atoms with Crippen LogP contribution in [0.5, 0.6) is 0 Å². The lowest BCUT2D eigenvalue weighted by molar-refractivity contribution is 0.0508. The van der Waals surface area contributed by atoms with Gasteiger partial charge in [-0.15, -0.1) is 0 Å². The Morgan fingerprint density at radius 1 is 1.44 bits per heavy atom. The second-order valence-electron chi connectivity index (χ2n) is 5.25. The number of alkyl halides is 1. The van der Waals surface area contributed by atoms with Gasteiger partial charge in [0.05, 0.1) is 6.04 Å². The molecule has 0 aromatic heterocycles. The Morgan fingerprint density at radius 2 is 2.11 bits per heavy atom. The summed E-state index contributed by atoms with van der Waals surface area (Å²) in [6.07, 6.45) is -0.390. The molecule has 0 aliphatic heterocycles. The van der Waals surface area contributed by atoms with Gasteiger partial charge in [0.15, 0.2) is 0 Å². The van der Waals surface area contributed by atoms with E-state index >= 15 is 0 Å². The SMILES string of the molecule is C[C@H](NC(=O)OC(C)(C)C)c1cccc(CBr)c1. The van der Waals surface area contributed by atoms with Gasteiger partial charge in [0.25, 0.3) is 0 Å². The molecule has 4 heteroatoms. The Balaban J connectivity index is 2.64. The Kier molecular flexibility index (Phi) is 5.20. The van der Waals surface area contributed by atoms with Crippen LogP contribution in [0.25, 0.3) is 0 Å². The Morgan fingerprint density at radius 3 is 2.67 bits per heavy atom. The predicted octanol–water partition coefficient (Wildman–Crippen LogP) is 4.17. The minimum atomic E-state index is -0.471. The molecule has 0 heterocycles. The lowest BCUT2D eigenvalue weighted by Crippen LogP contribution is -2.34. The summed E-state index contributed by atoms with van der Waals surface area (Å²) in [5, 5.41) is 3.63. The highest BCUT2D eigenvalue weighted by atomic mass is 79.9. The van der Waals surface area contributed by atoms with E-state index < -0.39 is 5.60 Å². The number of carbonyl (C=O) groups is 1. The molecule has 0 aliphatic rings. The molecule has 0 saturated carbocycles. The zero-order chi connectivity index (χ0) is 13.8. The molecular formula is C14H20BrNO2. The second kappa shape index (κ2) is 6.23. The third kappa shape index (κ3) is 5.08. The Bertz CT molecular complexity index is 413. The quantitative estimate of drug-likeness (QED) is 0.851. The Hall–Kier alpha value is -1.03. The van der Waals surface area contributed by atoms with Gasteiger partial charge in [-0.1, -0.05) is 40.2 Å². The number of rotatable bonds is 3. The molecule has 1 N–H and O–H groups in total. The summed E-state index contributed by atoms with van der Waals surface area (Å²) in [7, 11) is 0. The first kappa shape index (κ1) is 15.0. The van der Waals surface area contributed by atoms with Crippen molar-refractivity contribution in [1.82, 2.24) is 5.32 Å². The molecule has 1 amide bonds. The van der Waals surface area contributed by atoms with Crippen LogP contribution in [0.4, 0.5) is 4.79 Å². The van der Waals surface area contributed by atoms with Crippen LogP contribution in [-0.2, 0) is 10.1 Å². The molecule has 0 unspecified atom stereocenters. The summed E-state index contributed by atoms with van der Waals surface area (Å²) in [6, 6.07) is 8.02. The van der Waals surface area contributed by atoms with Gasteiger partial charge in [0.2, 0.25) is 0 Å². The smallest absolute Gasteiger partial charge is 0.408 e. The highest BCUT2D eigenvalue weighted by Gasteiger charge is 2.18. The van der Waals surface area contributed by atoms with E-state index in [9.17, 15) is 4.79 Å². The van der Waals surface area contributed by atoms with Gasteiger partial charge >= 0.3 is 6.09 Å². The summed E-state index contributed by atoms with van der Waals surface area (Å²) >= 11 is 3.42. The molecule has 1 aromatic rings. The molecule has 100 valence electrons. The first-order valence-electron chi connectivity index (χ1n) is 5.96. The van der Waals surface area contributed by atoms with E-state index in [4.69, 9.17) is 4.74 Å². The zero-order valence-corrected chi connectivity index (χ0v) is 12.9. The molecule has 1 aromatic carbocycles. The van der Waals surface area contributed by atoms with Crippen LogP contribution in [-0.4, -0.2) is 11.7 Å². The standard InChI is InChI=1S/C14H20BrNO2/c1-10(16-13(17)18-14(2,3)4)12-7-5-6-11(8-12)9-15/h5-8,10H,9H2,1-4H3,(H,16,17)/t10-/m0/s1. The van der Waals surface area contributed by atoms with Gasteiger partial charge in [0, 0.05) is 5.33 Å². The van der Waals surface area contributed by atoms with Gasteiger partial charge in [-0.3, -0.25) is 0 Å². The number of hydrogen-bond acceptors (Lipinski definition) is 2. The summed E-state index contributed by atoms with van der Waals surface area (Å²) in [5.41, 5.74) is 1.78. The maximum absolute atomic E-state index is 11.7. The lowest BCUT2D eigenvalue weighted by atomic mass is 10.1. The normalized spacial score (nSPS) is 12.9. The molecule has 1 rings (SSSR count). The van der Waals surface area contributed by atoms with Crippen molar-refractivity contribution >= 4 is 22.0 Å². The van der Waals surface area contributed by atoms with E-state index in [1.54, 1.807) is 0 Å². The number of hydrogen-bond donors (Lipinski definition) is 1. The molecule has 0 fully saturated rings. The van der Waals surface area contributed by atoms with Gasteiger partial charge in [0.1, 0.15) is 5.60 Å². The van der Waals surface area contributed by atoms with Crippen molar-refractivity contribution in [2.75, 3.05) is 0 Å². The van der Waals surface area contributed by atoms with Crippen LogP contribution >= 0.6 is 15.9 Å². The first-order chi connectivity index (χ1) is 8.31. The summed E-state index contributed by atoms with van der Waals surface area (Å²) in [6.45, 7) is 7.49. The average Bonchev–Trinajstić information content (AvgIpc) is 2.26. The minimum absolute atomic E-state index is 0.0705. The molecule has 0 radical (unpaired) electrons. The fourth-order valence-corrected chi connectivity index (χ4v) is 1.86. The van der Waals surface area contributed by atoms with Gasteiger partial charge < -0.3 is 10.1 Å². The van der Waals surface area contributed by atoms with E-state index in [1.807, 2.05) is 45.9 Å². The number of nitrogens with one attached hydrogen (secondary N) is 1. The molecule has 0 spiro atoms. The third-order valence-corrected chi connectivity index (χ3v) is 2.99. The topological polar surface area (TPSA) is 38.3 Å². The third-order valence-electron chi connectivity index (χ3n) is 2.34. The van der Waals surface area contributed by atoms with E-state index in [2.05, 4.69) is 27.3 Å². The molecule has 0 saturated heterocycles. The number of carbonyl (C=O) groups excluding carboxylic acids is 1. The fourth-order valence-electron chi connectivity index (χ4n) is 1.51. The van der Waals surface area contributed by atoms with Crippen LogP contribution in [0.15, 0.2) is 24.3 Å². The molecule has 0 bridgehead atoms. The van der Waals surface area contributed by atoms with E-state index in [0.717, 1.165) is 10.9 Å². The van der Waals surface area contributed by atoms with Crippen molar-refractivity contribution in [1.29, 1.82) is 0 Å². The second-order valence-corrected chi connectivity index (χ2v) is 5.81. The molecule has 18 heavy (non-hydrogen) atoms. The van der Waals surface area contributed by atoms with E-state index in [0.29, 0.717) is 0 Å².